The van der Waals surface area contributed by atoms with E-state index >= 15 is 0 Å². The Morgan fingerprint density at radius 3 is 2.22 bits per heavy atom. The Labute approximate surface area is 213 Å². The average molecular weight is 513 g/mol. The Balaban J connectivity index is 1.21. The number of nitrogens with zero attached hydrogens (tertiary/aromatic N) is 2. The minimum absolute atomic E-state index is 0.00566. The molecule has 1 heterocycles. The molecule has 0 spiro atoms. The molecule has 2 aromatic carbocycles. The van der Waals surface area contributed by atoms with Gasteiger partial charge in [-0.15, -0.1) is 0 Å². The lowest BCUT2D eigenvalue weighted by molar-refractivity contribution is -0.128. The van der Waals surface area contributed by atoms with E-state index in [1.165, 1.54) is 18.4 Å². The van der Waals surface area contributed by atoms with Gasteiger partial charge in [0.25, 0.3) is 0 Å². The van der Waals surface area contributed by atoms with Gasteiger partial charge < -0.3 is 10.2 Å². The van der Waals surface area contributed by atoms with Crippen LogP contribution in [0.2, 0.25) is 0 Å². The van der Waals surface area contributed by atoms with E-state index in [1.807, 2.05) is 23.2 Å². The molecule has 0 bridgehead atoms. The molecule has 0 aromatic heterocycles. The fraction of sp³-hybridized carbons (Fsp3) is 0.481. The number of carbonyl (C=O) groups is 2. The average Bonchev–Trinajstić information content (AvgIpc) is 2.82. The van der Waals surface area contributed by atoms with Gasteiger partial charge in [-0.25, -0.2) is 13.4 Å². The molecule has 2 N–H and O–H groups in total. The molecule has 0 radical (unpaired) electrons. The van der Waals surface area contributed by atoms with Crippen molar-refractivity contribution in [1.29, 1.82) is 0 Å². The topological polar surface area (TPSA) is 98.8 Å². The summed E-state index contributed by atoms with van der Waals surface area (Å²) < 4.78 is 23.2. The highest BCUT2D eigenvalue weighted by Crippen LogP contribution is 2.28. The van der Waals surface area contributed by atoms with Crippen molar-refractivity contribution in [2.45, 2.75) is 43.0 Å². The smallest absolute Gasteiger partial charge is 0.238 e. The number of nitrogens with one attached hydrogen (secondary N) is 2. The third-order valence-electron chi connectivity index (χ3n) is 7.10. The monoisotopic (exact) mass is 512 g/mol. The molecule has 1 atom stereocenters. The van der Waals surface area contributed by atoms with E-state index in [-0.39, 0.29) is 35.1 Å². The maximum atomic E-state index is 12.6. The Hall–Kier alpha value is -2.75. The highest BCUT2D eigenvalue weighted by atomic mass is 32.2. The van der Waals surface area contributed by atoms with Gasteiger partial charge in [-0.3, -0.25) is 15.0 Å². The van der Waals surface area contributed by atoms with Gasteiger partial charge in [0.2, 0.25) is 11.8 Å². The molecule has 2 aromatic rings. The van der Waals surface area contributed by atoms with Crippen molar-refractivity contribution in [2.75, 3.05) is 39.0 Å². The van der Waals surface area contributed by atoms with Crippen LogP contribution in [0.4, 0.5) is 0 Å². The second-order valence-electron chi connectivity index (χ2n) is 9.84. The molecule has 2 fully saturated rings. The van der Waals surface area contributed by atoms with Crippen molar-refractivity contribution in [3.8, 4) is 0 Å². The van der Waals surface area contributed by atoms with Gasteiger partial charge in [0.15, 0.2) is 9.84 Å². The van der Waals surface area contributed by atoms with E-state index in [0.29, 0.717) is 0 Å². The molecule has 0 unspecified atom stereocenters. The highest BCUT2D eigenvalue weighted by Gasteiger charge is 2.28. The lowest BCUT2D eigenvalue weighted by atomic mass is 9.84. The van der Waals surface area contributed by atoms with Crippen LogP contribution in [0, 0.1) is 5.92 Å². The normalized spacial score (nSPS) is 18.2. The van der Waals surface area contributed by atoms with Gasteiger partial charge in [-0.2, -0.15) is 0 Å². The molecule has 8 nitrogen and oxygen atoms in total. The third kappa shape index (κ3) is 7.38. The summed E-state index contributed by atoms with van der Waals surface area (Å²) in [6, 6.07) is 16.6. The largest absolute Gasteiger partial charge is 0.349 e. The van der Waals surface area contributed by atoms with Crippen LogP contribution < -0.4 is 10.7 Å². The number of benzene rings is 2. The molecule has 1 saturated carbocycles. The maximum absolute atomic E-state index is 12.6. The lowest BCUT2D eigenvalue weighted by Gasteiger charge is -2.35. The summed E-state index contributed by atoms with van der Waals surface area (Å²) in [6.07, 6.45) is 5.34. The molecule has 4 rings (SSSR count). The molecule has 9 heteroatoms. The summed E-state index contributed by atoms with van der Waals surface area (Å²) in [7, 11) is -3.24. The van der Waals surface area contributed by atoms with Crippen molar-refractivity contribution in [3.63, 3.8) is 0 Å². The van der Waals surface area contributed by atoms with Gasteiger partial charge in [0, 0.05) is 44.9 Å². The second kappa shape index (κ2) is 12.0. The van der Waals surface area contributed by atoms with Crippen LogP contribution >= 0.6 is 0 Å². The van der Waals surface area contributed by atoms with Crippen molar-refractivity contribution in [1.82, 2.24) is 20.7 Å². The first kappa shape index (κ1) is 26.3. The van der Waals surface area contributed by atoms with Crippen molar-refractivity contribution < 1.29 is 18.0 Å². The molecular weight excluding hydrogens is 476 g/mol. The van der Waals surface area contributed by atoms with E-state index in [0.717, 1.165) is 69.5 Å². The summed E-state index contributed by atoms with van der Waals surface area (Å²) in [5, 5.41) is 5.22. The van der Waals surface area contributed by atoms with Crippen LogP contribution in [0.1, 0.15) is 42.9 Å². The van der Waals surface area contributed by atoms with Crippen LogP contribution in [0.3, 0.4) is 0 Å². The summed E-state index contributed by atoms with van der Waals surface area (Å²) >= 11 is 0. The Kier molecular flexibility index (Phi) is 8.77. The van der Waals surface area contributed by atoms with Crippen molar-refractivity contribution in [2.24, 2.45) is 5.92 Å². The molecule has 2 aliphatic rings. The lowest BCUT2D eigenvalue weighted by Crippen LogP contribution is -2.54. The van der Waals surface area contributed by atoms with Crippen LogP contribution in [0.5, 0.6) is 0 Å². The molecular formula is C27H36N4O4S. The van der Waals surface area contributed by atoms with Crippen molar-refractivity contribution >= 4 is 21.7 Å². The van der Waals surface area contributed by atoms with Crippen LogP contribution in [-0.2, 0) is 25.8 Å². The standard InChI is InChI=1S/C27H36N4O4S/c1-36(34,35)24-12-10-21(11-13-24)20-26(32)29-31-18-16-30(17-19-31)15-14-25(22-6-3-2-4-7-22)28-27(33)23-8-5-9-23/h2-4,6-7,10-13,23,25H,5,8-9,14-20H2,1H3,(H,28,33)(H,29,32)/t25-/m0/s1. The summed E-state index contributed by atoms with van der Waals surface area (Å²) in [4.78, 5) is 27.7. The van der Waals surface area contributed by atoms with Gasteiger partial charge in [-0.05, 0) is 42.5 Å². The maximum Gasteiger partial charge on any atom is 0.238 e. The highest BCUT2D eigenvalue weighted by molar-refractivity contribution is 7.90. The molecule has 194 valence electrons. The number of carbonyl (C=O) groups excluding carboxylic acids is 2. The number of hydrogen-bond donors (Lipinski definition) is 2. The first-order valence-electron chi connectivity index (χ1n) is 12.7. The zero-order valence-electron chi connectivity index (χ0n) is 20.9. The second-order valence-corrected chi connectivity index (χ2v) is 11.9. The molecule has 1 aliphatic carbocycles. The molecule has 2 amide bonds. The van der Waals surface area contributed by atoms with E-state index < -0.39 is 9.84 Å². The SMILES string of the molecule is CS(=O)(=O)c1ccc(CC(=O)NN2CCN(CC[C@H](NC(=O)C3CCC3)c3ccccc3)CC2)cc1. The summed E-state index contributed by atoms with van der Waals surface area (Å²) in [5.74, 6) is 0.230. The van der Waals surface area contributed by atoms with Crippen LogP contribution in [0.25, 0.3) is 0 Å². The fourth-order valence-corrected chi connectivity index (χ4v) is 5.25. The quantitative estimate of drug-likeness (QED) is 0.507. The number of rotatable bonds is 10. The van der Waals surface area contributed by atoms with Crippen molar-refractivity contribution in [3.05, 3.63) is 65.7 Å². The minimum Gasteiger partial charge on any atom is -0.349 e. The number of sulfone groups is 1. The van der Waals surface area contributed by atoms with E-state index in [9.17, 15) is 18.0 Å². The number of hydrazine groups is 1. The zero-order valence-corrected chi connectivity index (χ0v) is 21.7. The number of amides is 2. The van der Waals surface area contributed by atoms with Gasteiger partial charge in [-0.1, -0.05) is 48.9 Å². The fourth-order valence-electron chi connectivity index (χ4n) is 4.62. The third-order valence-corrected chi connectivity index (χ3v) is 8.23. The Bertz CT molecular complexity index is 1130. The zero-order chi connectivity index (χ0) is 25.5. The van der Waals surface area contributed by atoms with E-state index in [4.69, 9.17) is 0 Å². The van der Waals surface area contributed by atoms with Gasteiger partial charge in [0.05, 0.1) is 17.4 Å². The van der Waals surface area contributed by atoms with Crippen LogP contribution in [0.15, 0.2) is 59.5 Å². The summed E-state index contributed by atoms with van der Waals surface area (Å²) in [6.45, 7) is 3.99. The number of hydrogen-bond acceptors (Lipinski definition) is 6. The van der Waals surface area contributed by atoms with E-state index in [2.05, 4.69) is 27.8 Å². The molecule has 1 saturated heterocycles. The molecule has 1 aliphatic heterocycles. The first-order valence-corrected chi connectivity index (χ1v) is 14.6. The predicted molar refractivity (Wildman–Crippen MR) is 139 cm³/mol. The summed E-state index contributed by atoms with van der Waals surface area (Å²) in [5.41, 5.74) is 4.88. The van der Waals surface area contributed by atoms with Gasteiger partial charge >= 0.3 is 0 Å². The molecule has 36 heavy (non-hydrogen) atoms. The van der Waals surface area contributed by atoms with E-state index in [1.54, 1.807) is 12.1 Å². The number of piperazine rings is 1. The van der Waals surface area contributed by atoms with Crippen LogP contribution in [-0.4, -0.2) is 69.1 Å². The minimum atomic E-state index is -3.24. The van der Waals surface area contributed by atoms with Gasteiger partial charge in [0.1, 0.15) is 0 Å². The first-order chi connectivity index (χ1) is 17.3. The Morgan fingerprint density at radius 2 is 1.64 bits per heavy atom. The predicted octanol–water partition coefficient (Wildman–Crippen LogP) is 2.33. The Morgan fingerprint density at radius 1 is 0.972 bits per heavy atom.